The third kappa shape index (κ3) is 2.10. The molecule has 6 heteroatoms. The molecule has 0 aromatic heterocycles. The topological polar surface area (TPSA) is 36.9 Å². The number of amides is 1. The minimum absolute atomic E-state index is 0.193. The average molecular weight is 183 g/mol. The number of hydrogen-bond donors (Lipinski definition) is 1. The summed E-state index contributed by atoms with van der Waals surface area (Å²) in [4.78, 5) is 11.5. The maximum Gasteiger partial charge on any atom is 0.471 e. The second-order valence-electron chi connectivity index (χ2n) is 2.66. The van der Waals surface area contributed by atoms with Gasteiger partial charge in [-0.15, -0.1) is 0 Å². The van der Waals surface area contributed by atoms with Crippen molar-refractivity contribution in [2.75, 3.05) is 26.2 Å². The fourth-order valence-electron chi connectivity index (χ4n) is 1.13. The SMILES string of the molecule is O=C(N1CC[NH2+]CC1)C(F)(F)F. The zero-order valence-electron chi connectivity index (χ0n) is 6.40. The summed E-state index contributed by atoms with van der Waals surface area (Å²) in [6.45, 7) is 1.50. The van der Waals surface area contributed by atoms with Crippen molar-refractivity contribution in [1.82, 2.24) is 4.90 Å². The van der Waals surface area contributed by atoms with Crippen molar-refractivity contribution in [3.63, 3.8) is 0 Å². The monoisotopic (exact) mass is 183 g/mol. The molecule has 1 amide bonds. The summed E-state index contributed by atoms with van der Waals surface area (Å²) in [6.07, 6.45) is -4.71. The Balaban J connectivity index is 2.51. The molecule has 1 rings (SSSR count). The maximum atomic E-state index is 11.8. The molecule has 3 nitrogen and oxygen atoms in total. The van der Waals surface area contributed by atoms with Gasteiger partial charge in [-0.05, 0) is 0 Å². The summed E-state index contributed by atoms with van der Waals surface area (Å²) in [5.41, 5.74) is 0. The molecule has 0 atom stereocenters. The van der Waals surface area contributed by atoms with Gasteiger partial charge in [-0.25, -0.2) is 0 Å². The predicted molar refractivity (Wildman–Crippen MR) is 34.3 cm³/mol. The van der Waals surface area contributed by atoms with Crippen LogP contribution < -0.4 is 5.32 Å². The number of piperazine rings is 1. The van der Waals surface area contributed by atoms with Crippen molar-refractivity contribution in [3.05, 3.63) is 0 Å². The van der Waals surface area contributed by atoms with E-state index in [-0.39, 0.29) is 13.1 Å². The van der Waals surface area contributed by atoms with Crippen LogP contribution in [0.3, 0.4) is 0 Å². The molecule has 0 aromatic rings. The van der Waals surface area contributed by atoms with Gasteiger partial charge in [0.25, 0.3) is 0 Å². The van der Waals surface area contributed by atoms with Crippen LogP contribution in [0.15, 0.2) is 0 Å². The van der Waals surface area contributed by atoms with Gasteiger partial charge in [-0.3, -0.25) is 4.79 Å². The Hall–Kier alpha value is -0.780. The largest absolute Gasteiger partial charge is 0.471 e. The van der Waals surface area contributed by atoms with Crippen LogP contribution in [0.25, 0.3) is 0 Å². The summed E-state index contributed by atoms with van der Waals surface area (Å²) in [5.74, 6) is -1.71. The molecular weight excluding hydrogens is 173 g/mol. The molecule has 0 aromatic carbocycles. The van der Waals surface area contributed by atoms with Gasteiger partial charge in [0.15, 0.2) is 0 Å². The van der Waals surface area contributed by atoms with Gasteiger partial charge in [0.2, 0.25) is 0 Å². The normalized spacial score (nSPS) is 19.4. The van der Waals surface area contributed by atoms with Crippen LogP contribution in [-0.2, 0) is 4.79 Å². The van der Waals surface area contributed by atoms with Crippen LogP contribution in [0.2, 0.25) is 0 Å². The minimum Gasteiger partial charge on any atom is -0.343 e. The average Bonchev–Trinajstić information content (AvgIpc) is 2.03. The van der Waals surface area contributed by atoms with E-state index in [9.17, 15) is 18.0 Å². The Morgan fingerprint density at radius 1 is 1.25 bits per heavy atom. The van der Waals surface area contributed by atoms with E-state index in [1.807, 2.05) is 5.32 Å². The highest BCUT2D eigenvalue weighted by Gasteiger charge is 2.42. The van der Waals surface area contributed by atoms with E-state index in [2.05, 4.69) is 0 Å². The molecule has 0 spiro atoms. The number of nitrogens with zero attached hydrogens (tertiary/aromatic N) is 1. The molecule has 0 saturated carbocycles. The molecule has 1 aliphatic rings. The molecular formula is C6H10F3N2O+. The third-order valence-electron chi connectivity index (χ3n) is 1.74. The van der Waals surface area contributed by atoms with Crippen molar-refractivity contribution in [2.45, 2.75) is 6.18 Å². The summed E-state index contributed by atoms with van der Waals surface area (Å²) >= 11 is 0. The smallest absolute Gasteiger partial charge is 0.343 e. The van der Waals surface area contributed by atoms with Gasteiger partial charge in [0.1, 0.15) is 0 Å². The summed E-state index contributed by atoms with van der Waals surface area (Å²) < 4.78 is 35.5. The zero-order chi connectivity index (χ0) is 9.19. The number of carbonyl (C=O) groups is 1. The Morgan fingerprint density at radius 3 is 2.17 bits per heavy atom. The Labute approximate surface area is 67.5 Å². The van der Waals surface area contributed by atoms with Gasteiger partial charge >= 0.3 is 12.1 Å². The number of nitrogens with two attached hydrogens (primary N) is 1. The summed E-state index contributed by atoms with van der Waals surface area (Å²) in [6, 6.07) is 0. The molecule has 70 valence electrons. The lowest BCUT2D eigenvalue weighted by molar-refractivity contribution is -0.662. The highest BCUT2D eigenvalue weighted by atomic mass is 19.4. The molecule has 1 saturated heterocycles. The molecule has 0 radical (unpaired) electrons. The van der Waals surface area contributed by atoms with Crippen molar-refractivity contribution >= 4 is 5.91 Å². The minimum atomic E-state index is -4.71. The van der Waals surface area contributed by atoms with Crippen LogP contribution >= 0.6 is 0 Å². The molecule has 1 heterocycles. The number of rotatable bonds is 0. The van der Waals surface area contributed by atoms with E-state index >= 15 is 0 Å². The van der Waals surface area contributed by atoms with Gasteiger partial charge in [-0.1, -0.05) is 0 Å². The molecule has 12 heavy (non-hydrogen) atoms. The van der Waals surface area contributed by atoms with E-state index in [0.717, 1.165) is 4.90 Å². The number of quaternary nitrogens is 1. The number of halogens is 3. The molecule has 1 aliphatic heterocycles. The van der Waals surface area contributed by atoms with E-state index < -0.39 is 12.1 Å². The fraction of sp³-hybridized carbons (Fsp3) is 0.833. The number of alkyl halides is 3. The fourth-order valence-corrected chi connectivity index (χ4v) is 1.13. The van der Waals surface area contributed by atoms with E-state index in [4.69, 9.17) is 0 Å². The van der Waals surface area contributed by atoms with Crippen LogP contribution in [0.1, 0.15) is 0 Å². The van der Waals surface area contributed by atoms with Gasteiger partial charge in [0.05, 0.1) is 26.2 Å². The van der Waals surface area contributed by atoms with Crippen molar-refractivity contribution in [2.24, 2.45) is 0 Å². The Morgan fingerprint density at radius 2 is 1.75 bits per heavy atom. The quantitative estimate of drug-likeness (QED) is 0.511. The second kappa shape index (κ2) is 3.30. The van der Waals surface area contributed by atoms with E-state index in [0.29, 0.717) is 13.1 Å². The Bertz CT molecular complexity index is 174. The first-order valence-electron chi connectivity index (χ1n) is 3.69. The van der Waals surface area contributed by atoms with E-state index in [1.54, 1.807) is 0 Å². The van der Waals surface area contributed by atoms with Crippen LogP contribution in [0.4, 0.5) is 13.2 Å². The standard InChI is InChI=1S/C6H9F3N2O/c7-6(8,9)5(12)11-3-1-10-2-4-11/h10H,1-4H2/p+1. The summed E-state index contributed by atoms with van der Waals surface area (Å²) in [5, 5.41) is 1.89. The van der Waals surface area contributed by atoms with Crippen molar-refractivity contribution in [1.29, 1.82) is 0 Å². The van der Waals surface area contributed by atoms with Crippen LogP contribution in [0, 0.1) is 0 Å². The number of carbonyl (C=O) groups excluding carboxylic acids is 1. The summed E-state index contributed by atoms with van der Waals surface area (Å²) in [7, 11) is 0. The molecule has 0 aliphatic carbocycles. The molecule has 1 fully saturated rings. The first-order chi connectivity index (χ1) is 5.52. The predicted octanol–water partition coefficient (Wildman–Crippen LogP) is -1.05. The van der Waals surface area contributed by atoms with Gasteiger partial charge in [-0.2, -0.15) is 13.2 Å². The van der Waals surface area contributed by atoms with Crippen molar-refractivity contribution < 1.29 is 23.3 Å². The molecule has 0 bridgehead atoms. The van der Waals surface area contributed by atoms with Gasteiger partial charge in [0, 0.05) is 0 Å². The van der Waals surface area contributed by atoms with Gasteiger partial charge < -0.3 is 10.2 Å². The highest BCUT2D eigenvalue weighted by Crippen LogP contribution is 2.17. The third-order valence-corrected chi connectivity index (χ3v) is 1.74. The first-order valence-corrected chi connectivity index (χ1v) is 3.69. The second-order valence-corrected chi connectivity index (χ2v) is 2.66. The highest BCUT2D eigenvalue weighted by molar-refractivity contribution is 5.81. The van der Waals surface area contributed by atoms with E-state index in [1.165, 1.54) is 0 Å². The van der Waals surface area contributed by atoms with Crippen LogP contribution in [0.5, 0.6) is 0 Å². The molecule has 0 unspecified atom stereocenters. The zero-order valence-corrected chi connectivity index (χ0v) is 6.40. The van der Waals surface area contributed by atoms with Crippen LogP contribution in [-0.4, -0.2) is 43.2 Å². The first kappa shape index (κ1) is 9.31. The Kier molecular flexibility index (Phi) is 2.56. The molecule has 2 N–H and O–H groups in total. The van der Waals surface area contributed by atoms with Crippen molar-refractivity contribution in [3.8, 4) is 0 Å². The number of hydrogen-bond acceptors (Lipinski definition) is 1. The lowest BCUT2D eigenvalue weighted by Crippen LogP contribution is -2.90. The lowest BCUT2D eigenvalue weighted by Gasteiger charge is -2.25. The maximum absolute atomic E-state index is 11.8. The lowest BCUT2D eigenvalue weighted by atomic mass is 10.3.